The Balaban J connectivity index is 2.62. The number of fused-ring (bicyclic) bond motifs is 1. The molecule has 0 saturated carbocycles. The Morgan fingerprint density at radius 2 is 2.33 bits per heavy atom. The first-order chi connectivity index (χ1) is 8.80. The van der Waals surface area contributed by atoms with Crippen LogP contribution >= 0.6 is 0 Å². The summed E-state index contributed by atoms with van der Waals surface area (Å²) in [5, 5.41) is 13.3. The van der Waals surface area contributed by atoms with E-state index in [9.17, 15) is 0 Å². The van der Waals surface area contributed by atoms with Crippen LogP contribution in [0.1, 0.15) is 18.1 Å². The van der Waals surface area contributed by atoms with E-state index in [1.165, 1.54) is 5.56 Å². The highest BCUT2D eigenvalue weighted by Crippen LogP contribution is 2.23. The molecule has 3 nitrogen and oxygen atoms in total. The largest absolute Gasteiger partial charge is 0.365 e. The molecule has 0 amide bonds. The number of para-hydroxylation sites is 1. The summed E-state index contributed by atoms with van der Waals surface area (Å²) in [6.07, 6.45) is 2.68. The number of nitrogens with zero attached hydrogens (tertiary/aromatic N) is 2. The minimum absolute atomic E-state index is 0.567. The topological polar surface area (TPSA) is 48.7 Å². The van der Waals surface area contributed by atoms with Crippen molar-refractivity contribution in [1.29, 1.82) is 5.26 Å². The van der Waals surface area contributed by atoms with Gasteiger partial charge in [-0.1, -0.05) is 31.2 Å². The van der Waals surface area contributed by atoms with Crippen molar-refractivity contribution < 1.29 is 0 Å². The summed E-state index contributed by atoms with van der Waals surface area (Å²) in [6.45, 7) is 6.36. The Bertz CT molecular complexity index is 623. The van der Waals surface area contributed by atoms with Gasteiger partial charge < -0.3 is 5.32 Å². The van der Waals surface area contributed by atoms with Crippen LogP contribution in [0.15, 0.2) is 36.9 Å². The summed E-state index contributed by atoms with van der Waals surface area (Å²) >= 11 is 0. The monoisotopic (exact) mass is 237 g/mol. The fourth-order valence-corrected chi connectivity index (χ4v) is 1.93. The van der Waals surface area contributed by atoms with Crippen molar-refractivity contribution in [1.82, 2.24) is 4.98 Å². The van der Waals surface area contributed by atoms with Gasteiger partial charge in [0.1, 0.15) is 11.9 Å². The molecule has 0 aliphatic rings. The van der Waals surface area contributed by atoms with E-state index in [4.69, 9.17) is 5.26 Å². The third-order valence-electron chi connectivity index (χ3n) is 2.84. The third kappa shape index (κ3) is 2.18. The van der Waals surface area contributed by atoms with Crippen molar-refractivity contribution in [3.8, 4) is 6.07 Å². The van der Waals surface area contributed by atoms with Crippen molar-refractivity contribution in [2.24, 2.45) is 0 Å². The fourth-order valence-electron chi connectivity index (χ4n) is 1.93. The van der Waals surface area contributed by atoms with Gasteiger partial charge in [-0.15, -0.1) is 6.58 Å². The highest BCUT2D eigenvalue weighted by Gasteiger charge is 2.08. The number of aryl methyl sites for hydroxylation is 1. The number of pyridine rings is 1. The molecule has 1 heterocycles. The van der Waals surface area contributed by atoms with Crippen molar-refractivity contribution in [2.75, 3.05) is 11.9 Å². The number of anilines is 1. The summed E-state index contributed by atoms with van der Waals surface area (Å²) in [4.78, 5) is 4.57. The Kier molecular flexibility index (Phi) is 3.59. The smallest absolute Gasteiger partial charge is 0.144 e. The molecule has 0 fully saturated rings. The van der Waals surface area contributed by atoms with Crippen LogP contribution in [0.3, 0.4) is 0 Å². The maximum absolute atomic E-state index is 9.15. The molecule has 1 aromatic heterocycles. The second kappa shape index (κ2) is 5.33. The van der Waals surface area contributed by atoms with E-state index in [2.05, 4.69) is 35.9 Å². The van der Waals surface area contributed by atoms with Gasteiger partial charge in [0.15, 0.2) is 0 Å². The normalized spacial score (nSPS) is 10.0. The predicted octanol–water partition coefficient (Wildman–Crippen LogP) is 3.27. The van der Waals surface area contributed by atoms with Gasteiger partial charge in [0, 0.05) is 11.9 Å². The van der Waals surface area contributed by atoms with Crippen LogP contribution < -0.4 is 5.32 Å². The van der Waals surface area contributed by atoms with E-state index < -0.39 is 0 Å². The summed E-state index contributed by atoms with van der Waals surface area (Å²) in [6, 6.07) is 10.1. The third-order valence-corrected chi connectivity index (χ3v) is 2.84. The quantitative estimate of drug-likeness (QED) is 0.830. The lowest BCUT2D eigenvalue weighted by atomic mass is 10.1. The molecule has 0 atom stereocenters. The summed E-state index contributed by atoms with van der Waals surface area (Å²) < 4.78 is 0. The zero-order chi connectivity index (χ0) is 13.0. The van der Waals surface area contributed by atoms with Crippen LogP contribution in [-0.4, -0.2) is 11.5 Å². The lowest BCUT2D eigenvalue weighted by Gasteiger charge is -2.09. The van der Waals surface area contributed by atoms with Crippen LogP contribution in [0.25, 0.3) is 10.9 Å². The van der Waals surface area contributed by atoms with Crippen LogP contribution in [0.2, 0.25) is 0 Å². The molecule has 3 heteroatoms. The van der Waals surface area contributed by atoms with E-state index in [1.54, 1.807) is 6.08 Å². The van der Waals surface area contributed by atoms with Gasteiger partial charge in [-0.3, -0.25) is 0 Å². The molecule has 0 spiro atoms. The molecular formula is C15H15N3. The molecule has 2 aromatic rings. The molecular weight excluding hydrogens is 222 g/mol. The molecule has 0 saturated heterocycles. The van der Waals surface area contributed by atoms with E-state index in [1.807, 2.05) is 18.2 Å². The van der Waals surface area contributed by atoms with Gasteiger partial charge in [-0.2, -0.15) is 5.26 Å². The fraction of sp³-hybridized carbons (Fsp3) is 0.200. The zero-order valence-corrected chi connectivity index (χ0v) is 10.4. The Hall–Kier alpha value is -2.34. The second-order valence-electron chi connectivity index (χ2n) is 4.01. The van der Waals surface area contributed by atoms with Crippen molar-refractivity contribution in [2.45, 2.75) is 13.3 Å². The number of benzene rings is 1. The van der Waals surface area contributed by atoms with Crippen molar-refractivity contribution in [3.63, 3.8) is 0 Å². The van der Waals surface area contributed by atoms with E-state index >= 15 is 0 Å². The van der Waals surface area contributed by atoms with Crippen LogP contribution in [0.4, 0.5) is 5.82 Å². The first kappa shape index (κ1) is 12.1. The molecule has 0 unspecified atom stereocenters. The van der Waals surface area contributed by atoms with E-state index in [0.29, 0.717) is 17.9 Å². The maximum atomic E-state index is 9.15. The number of aromatic nitrogens is 1. The van der Waals surface area contributed by atoms with Gasteiger partial charge in [0.2, 0.25) is 0 Å². The van der Waals surface area contributed by atoms with Gasteiger partial charge in [0.05, 0.1) is 11.1 Å². The number of hydrogen-bond acceptors (Lipinski definition) is 3. The van der Waals surface area contributed by atoms with Crippen LogP contribution in [0, 0.1) is 11.3 Å². The minimum Gasteiger partial charge on any atom is -0.365 e. The molecule has 0 aliphatic heterocycles. The molecule has 1 aromatic carbocycles. The van der Waals surface area contributed by atoms with Gasteiger partial charge in [-0.05, 0) is 18.1 Å². The zero-order valence-electron chi connectivity index (χ0n) is 10.4. The Morgan fingerprint density at radius 3 is 3.00 bits per heavy atom. The molecule has 0 bridgehead atoms. The first-order valence-electron chi connectivity index (χ1n) is 5.97. The average Bonchev–Trinajstić information content (AvgIpc) is 2.43. The Labute approximate surface area is 107 Å². The minimum atomic E-state index is 0.567. The molecule has 18 heavy (non-hydrogen) atoms. The summed E-state index contributed by atoms with van der Waals surface area (Å²) in [5.41, 5.74) is 2.72. The first-order valence-corrected chi connectivity index (χ1v) is 5.97. The SMILES string of the molecule is C=CCNc1nc2c(CC)cccc2cc1C#N. The summed E-state index contributed by atoms with van der Waals surface area (Å²) in [5.74, 6) is 0.630. The average molecular weight is 237 g/mol. The van der Waals surface area contributed by atoms with Gasteiger partial charge in [0.25, 0.3) is 0 Å². The number of rotatable bonds is 4. The number of nitriles is 1. The number of hydrogen-bond donors (Lipinski definition) is 1. The highest BCUT2D eigenvalue weighted by molar-refractivity contribution is 5.85. The van der Waals surface area contributed by atoms with Gasteiger partial charge >= 0.3 is 0 Å². The second-order valence-corrected chi connectivity index (χ2v) is 4.01. The van der Waals surface area contributed by atoms with E-state index in [0.717, 1.165) is 17.3 Å². The lowest BCUT2D eigenvalue weighted by Crippen LogP contribution is -2.03. The van der Waals surface area contributed by atoms with Crippen LogP contribution in [0.5, 0.6) is 0 Å². The maximum Gasteiger partial charge on any atom is 0.144 e. The molecule has 0 radical (unpaired) electrons. The lowest BCUT2D eigenvalue weighted by molar-refractivity contribution is 1.14. The predicted molar refractivity (Wildman–Crippen MR) is 74.5 cm³/mol. The Morgan fingerprint density at radius 1 is 1.50 bits per heavy atom. The van der Waals surface area contributed by atoms with Gasteiger partial charge in [-0.25, -0.2) is 4.98 Å². The molecule has 1 N–H and O–H groups in total. The molecule has 90 valence electrons. The molecule has 0 aliphatic carbocycles. The number of nitrogens with one attached hydrogen (secondary N) is 1. The molecule has 2 rings (SSSR count). The van der Waals surface area contributed by atoms with Crippen molar-refractivity contribution >= 4 is 16.7 Å². The standard InChI is InChI=1S/C15H15N3/c1-3-8-17-15-13(10-16)9-12-7-5-6-11(4-2)14(12)18-15/h3,5-7,9H,1,4,8H2,2H3,(H,17,18). The van der Waals surface area contributed by atoms with E-state index in [-0.39, 0.29) is 0 Å². The summed E-state index contributed by atoms with van der Waals surface area (Å²) in [7, 11) is 0. The van der Waals surface area contributed by atoms with Crippen molar-refractivity contribution in [3.05, 3.63) is 48.0 Å². The highest BCUT2D eigenvalue weighted by atomic mass is 15.0. The van der Waals surface area contributed by atoms with Crippen LogP contribution in [-0.2, 0) is 6.42 Å².